The molecule has 0 saturated heterocycles. The number of aromatic carboxylic acids is 1. The molecule has 0 unspecified atom stereocenters. The molecule has 5 N–H and O–H groups in total. The van der Waals surface area contributed by atoms with Crippen LogP contribution in [0.15, 0.2) is 0 Å². The number of pyridine rings is 2. The fraction of sp³-hybridized carbons (Fsp3) is 0.455. The van der Waals surface area contributed by atoms with Crippen molar-refractivity contribution in [3.8, 4) is 0 Å². The van der Waals surface area contributed by atoms with E-state index in [0.29, 0.717) is 31.0 Å². The van der Waals surface area contributed by atoms with E-state index < -0.39 is 28.9 Å². The summed E-state index contributed by atoms with van der Waals surface area (Å²) in [6, 6.07) is 0. The Morgan fingerprint density at radius 2 is 1.35 bits per heavy atom. The van der Waals surface area contributed by atoms with Gasteiger partial charge in [0, 0.05) is 0 Å². The van der Waals surface area contributed by atoms with E-state index in [9.17, 15) is 18.4 Å². The fourth-order valence-electron chi connectivity index (χ4n) is 2.93. The Bertz CT molecular complexity index is 1080. The number of anilines is 2. The number of hydrogen-bond donors (Lipinski definition) is 3. The van der Waals surface area contributed by atoms with Gasteiger partial charge in [-0.2, -0.15) is 0 Å². The summed E-state index contributed by atoms with van der Waals surface area (Å²) in [6.45, 7) is 0. The van der Waals surface area contributed by atoms with Crippen molar-refractivity contribution in [2.24, 2.45) is 11.8 Å². The van der Waals surface area contributed by atoms with Crippen LogP contribution in [0.1, 0.15) is 72.9 Å². The number of hydrogen-bond acceptors (Lipinski definition) is 8. The van der Waals surface area contributed by atoms with Crippen molar-refractivity contribution in [2.75, 3.05) is 11.5 Å². The molecule has 0 bridgehead atoms. The Morgan fingerprint density at radius 1 is 0.973 bits per heavy atom. The van der Waals surface area contributed by atoms with E-state index in [1.165, 1.54) is 0 Å². The zero-order chi connectivity index (χ0) is 25.6. The number of carbonyl (C=O) groups is 2. The van der Waals surface area contributed by atoms with E-state index >= 15 is 0 Å². The summed E-state index contributed by atoms with van der Waals surface area (Å²) in [5.74, 6) is -1.70. The molecule has 0 aromatic carbocycles. The summed E-state index contributed by atoms with van der Waals surface area (Å²) in [4.78, 5) is 29.0. The van der Waals surface area contributed by atoms with Gasteiger partial charge in [-0.05, 0) is 50.4 Å². The summed E-state index contributed by atoms with van der Waals surface area (Å²) < 4.78 is 43.7. The molecule has 2 aliphatic rings. The first-order valence-corrected chi connectivity index (χ1v) is 11.3. The number of carbonyl (C=O) groups excluding carboxylic acids is 1. The number of rotatable bonds is 6. The normalized spacial score (nSPS) is 13.2. The number of nitrogens with two attached hydrogens (primary N) is 2. The third-order valence-corrected chi connectivity index (χ3v) is 5.84. The molecule has 4 rings (SSSR count). The van der Waals surface area contributed by atoms with Crippen molar-refractivity contribution < 1.29 is 73.7 Å². The van der Waals surface area contributed by atoms with E-state index in [2.05, 4.69) is 9.97 Å². The SMILES string of the molecule is C.C.Nc1c(F)c(CC2CC2)nc(C(=O)O)c1Cl.Nc1c(F)c(CC2CC2)nc(C=O)c1Cl.[Na+].[O-][Cl+][O-]. The van der Waals surface area contributed by atoms with Gasteiger partial charge in [0.25, 0.3) is 0 Å². The molecule has 2 aromatic rings. The van der Waals surface area contributed by atoms with Crippen LogP contribution in [0.25, 0.3) is 0 Å². The molecule has 0 spiro atoms. The molecule has 2 fully saturated rings. The van der Waals surface area contributed by atoms with Crippen LogP contribution in [-0.2, 0) is 12.8 Å². The molecule has 2 heterocycles. The van der Waals surface area contributed by atoms with Crippen LogP contribution in [0.4, 0.5) is 20.2 Å². The maximum absolute atomic E-state index is 13.6. The molecule has 0 atom stereocenters. The van der Waals surface area contributed by atoms with Gasteiger partial charge in [-0.25, -0.2) is 23.5 Å². The number of nitrogen functional groups attached to an aromatic ring is 2. The zero-order valence-corrected chi connectivity index (χ0v) is 22.8. The Labute approximate surface area is 250 Å². The Morgan fingerprint density at radius 3 is 1.70 bits per heavy atom. The number of aromatic nitrogens is 2. The predicted molar refractivity (Wildman–Crippen MR) is 126 cm³/mol. The minimum absolute atomic E-state index is 0. The van der Waals surface area contributed by atoms with Crippen molar-refractivity contribution >= 4 is 46.8 Å². The molecule has 9 nitrogen and oxygen atoms in total. The summed E-state index contributed by atoms with van der Waals surface area (Å²) in [5, 5.41) is 8.41. The molecule has 2 aromatic heterocycles. The third-order valence-electron chi connectivity index (χ3n) is 5.06. The summed E-state index contributed by atoms with van der Waals surface area (Å²) in [5.41, 5.74) is 10.3. The number of carboxylic acid groups (broad SMARTS) is 1. The topological polar surface area (TPSA) is 178 Å². The Hall–Kier alpha value is -1.31. The van der Waals surface area contributed by atoms with E-state index in [1.54, 1.807) is 0 Å². The first-order valence-electron chi connectivity index (χ1n) is 9.90. The van der Waals surface area contributed by atoms with Gasteiger partial charge in [0.05, 0.1) is 44.1 Å². The second-order valence-corrected chi connectivity index (χ2v) is 8.60. The second-order valence-electron chi connectivity index (χ2n) is 7.72. The van der Waals surface area contributed by atoms with E-state index in [1.807, 2.05) is 0 Å². The van der Waals surface area contributed by atoms with Crippen molar-refractivity contribution in [1.82, 2.24) is 9.97 Å². The van der Waals surface area contributed by atoms with Crippen LogP contribution in [0, 0.1) is 34.8 Å². The average molecular weight is 596 g/mol. The van der Waals surface area contributed by atoms with Crippen molar-refractivity contribution in [3.63, 3.8) is 0 Å². The minimum atomic E-state index is -1.30. The van der Waals surface area contributed by atoms with Gasteiger partial charge in [0.2, 0.25) is 0 Å². The van der Waals surface area contributed by atoms with Gasteiger partial charge in [0.15, 0.2) is 23.6 Å². The largest absolute Gasteiger partial charge is 1.00 e. The maximum atomic E-state index is 13.6. The minimum Gasteiger partial charge on any atom is -0.544 e. The number of nitrogens with zero attached hydrogens (tertiary/aromatic N) is 2. The molecule has 37 heavy (non-hydrogen) atoms. The molecular formula is C22H28Cl3F2N4NaO5. The molecule has 2 saturated carbocycles. The van der Waals surface area contributed by atoms with Crippen molar-refractivity contribution in [1.29, 1.82) is 0 Å². The van der Waals surface area contributed by atoms with Crippen LogP contribution in [-0.4, -0.2) is 27.3 Å². The van der Waals surface area contributed by atoms with Crippen LogP contribution in [0.2, 0.25) is 10.0 Å². The average Bonchev–Trinajstić information content (AvgIpc) is 3.72. The van der Waals surface area contributed by atoms with Gasteiger partial charge >= 0.3 is 35.5 Å². The van der Waals surface area contributed by atoms with Crippen LogP contribution < -0.4 is 50.3 Å². The summed E-state index contributed by atoms with van der Waals surface area (Å²) in [6.07, 6.45) is 5.66. The number of aldehydes is 1. The van der Waals surface area contributed by atoms with Crippen LogP contribution >= 0.6 is 23.2 Å². The van der Waals surface area contributed by atoms with Gasteiger partial charge in [0.1, 0.15) is 5.69 Å². The molecule has 2 aliphatic carbocycles. The van der Waals surface area contributed by atoms with Gasteiger partial charge < -0.3 is 25.9 Å². The quantitative estimate of drug-likeness (QED) is 0.311. The fourth-order valence-corrected chi connectivity index (χ4v) is 3.30. The third kappa shape index (κ3) is 10.8. The van der Waals surface area contributed by atoms with Crippen molar-refractivity contribution in [3.05, 3.63) is 44.5 Å². The smallest absolute Gasteiger partial charge is 0.544 e. The van der Waals surface area contributed by atoms with Gasteiger partial charge in [-0.3, -0.25) is 4.79 Å². The number of halogens is 5. The molecule has 0 aliphatic heterocycles. The molecule has 0 amide bonds. The zero-order valence-electron chi connectivity index (χ0n) is 18.5. The maximum Gasteiger partial charge on any atom is 1.00 e. The van der Waals surface area contributed by atoms with Crippen LogP contribution in [0.3, 0.4) is 0 Å². The van der Waals surface area contributed by atoms with E-state index in [4.69, 9.17) is 49.1 Å². The second kappa shape index (κ2) is 17.3. The molecule has 0 radical (unpaired) electrons. The molecule has 15 heteroatoms. The first kappa shape index (κ1) is 37.8. The Balaban J connectivity index is 0. The van der Waals surface area contributed by atoms with Crippen molar-refractivity contribution in [2.45, 2.75) is 53.4 Å². The van der Waals surface area contributed by atoms with Crippen LogP contribution in [0.5, 0.6) is 0 Å². The monoisotopic (exact) mass is 594 g/mol. The molecule has 202 valence electrons. The summed E-state index contributed by atoms with van der Waals surface area (Å²) >= 11 is 10.9. The standard InChI is InChI=1S/C10H10ClFN2O2.C10H10ClFN2O.2CH4.ClO2.Na/c11-6-8(13)7(12)5(3-4-1-2-4)14-9(6)10(15)16;11-8-7(4-15)14-6(3-5-1-2-5)9(12)10(8)13;;;2-1-3;/h4H,1-3H2,(H2,13,14)(H,15,16);4-5H,1-3H2,(H2,13,14);2*1H4;;/q;;;;-1;+1. The van der Waals surface area contributed by atoms with E-state index in [-0.39, 0.29) is 88.6 Å². The number of carboxylic acids is 1. The van der Waals surface area contributed by atoms with E-state index in [0.717, 1.165) is 25.7 Å². The Kier molecular flexibility index (Phi) is 17.7. The van der Waals surface area contributed by atoms with Gasteiger partial charge in [-0.15, -0.1) is 0 Å². The predicted octanol–water partition coefficient (Wildman–Crippen LogP) is 0.227. The molecular weight excluding hydrogens is 568 g/mol. The first-order chi connectivity index (χ1) is 16.0. The van der Waals surface area contributed by atoms with Gasteiger partial charge in [-0.1, -0.05) is 38.1 Å². The summed E-state index contributed by atoms with van der Waals surface area (Å²) in [7, 11) is 0.